The number of nitrogens with one attached hydrogen (secondary N) is 1. The Morgan fingerprint density at radius 3 is 2.57 bits per heavy atom. The van der Waals surface area contributed by atoms with Crippen LogP contribution < -0.4 is 5.32 Å². The third-order valence-corrected chi connectivity index (χ3v) is 6.48. The topological polar surface area (TPSA) is 49.4 Å². The quantitative estimate of drug-likeness (QED) is 0.904. The fourth-order valence-electron chi connectivity index (χ4n) is 2.65. The number of sulfonamides is 1. The minimum absolute atomic E-state index is 0.251. The Hall–Kier alpha value is -0.620. The van der Waals surface area contributed by atoms with Crippen LogP contribution in [0.5, 0.6) is 0 Å². The Morgan fingerprint density at radius 1 is 1.19 bits per heavy atom. The van der Waals surface area contributed by atoms with Gasteiger partial charge in [0.2, 0.25) is 10.0 Å². The first kappa shape index (κ1) is 15.3. The summed E-state index contributed by atoms with van der Waals surface area (Å²) in [5.74, 6) is 0. The third kappa shape index (κ3) is 3.59. The zero-order valence-corrected chi connectivity index (χ0v) is 13.6. The summed E-state index contributed by atoms with van der Waals surface area (Å²) in [4.78, 5) is 0.251. The molecule has 116 valence electrons. The van der Waals surface area contributed by atoms with Gasteiger partial charge in [0.05, 0.1) is 5.02 Å². The highest BCUT2D eigenvalue weighted by atomic mass is 35.5. The Balaban J connectivity index is 1.82. The van der Waals surface area contributed by atoms with Crippen LogP contribution in [-0.2, 0) is 16.6 Å². The maximum atomic E-state index is 12.7. The van der Waals surface area contributed by atoms with E-state index in [1.54, 1.807) is 16.4 Å². The SMILES string of the molecule is O=S(=O)(c1cc(CNC2CC2)ccc1Cl)N1CCCCC1. The second-order valence-electron chi connectivity index (χ2n) is 5.88. The van der Waals surface area contributed by atoms with Crippen LogP contribution in [-0.4, -0.2) is 31.9 Å². The van der Waals surface area contributed by atoms with Crippen LogP contribution in [0.25, 0.3) is 0 Å². The number of benzene rings is 1. The summed E-state index contributed by atoms with van der Waals surface area (Å²) in [7, 11) is -3.46. The molecule has 1 aliphatic heterocycles. The lowest BCUT2D eigenvalue weighted by Crippen LogP contribution is -2.35. The molecule has 1 aromatic carbocycles. The fourth-order valence-corrected chi connectivity index (χ4v) is 4.69. The molecule has 0 spiro atoms. The van der Waals surface area contributed by atoms with Crippen LogP contribution in [0.15, 0.2) is 23.1 Å². The molecule has 2 aliphatic rings. The van der Waals surface area contributed by atoms with E-state index in [1.807, 2.05) is 6.07 Å². The molecule has 0 unspecified atom stereocenters. The molecule has 0 atom stereocenters. The van der Waals surface area contributed by atoms with Gasteiger partial charge in [-0.1, -0.05) is 24.1 Å². The van der Waals surface area contributed by atoms with Crippen molar-refractivity contribution < 1.29 is 8.42 Å². The van der Waals surface area contributed by atoms with Gasteiger partial charge in [-0.25, -0.2) is 8.42 Å². The van der Waals surface area contributed by atoms with Gasteiger partial charge in [0.1, 0.15) is 4.90 Å². The lowest BCUT2D eigenvalue weighted by molar-refractivity contribution is 0.346. The third-order valence-electron chi connectivity index (χ3n) is 4.10. The van der Waals surface area contributed by atoms with E-state index in [-0.39, 0.29) is 4.90 Å². The van der Waals surface area contributed by atoms with Gasteiger partial charge in [0.15, 0.2) is 0 Å². The first-order chi connectivity index (χ1) is 10.1. The standard InChI is InChI=1S/C15H21ClN2O2S/c16-14-7-4-12(11-17-13-5-6-13)10-15(14)21(19,20)18-8-2-1-3-9-18/h4,7,10,13,17H,1-3,5-6,8-9,11H2. The Kier molecular flexibility index (Phi) is 4.54. The van der Waals surface area contributed by atoms with E-state index >= 15 is 0 Å². The smallest absolute Gasteiger partial charge is 0.244 e. The molecular formula is C15H21ClN2O2S. The highest BCUT2D eigenvalue weighted by Crippen LogP contribution is 2.28. The van der Waals surface area contributed by atoms with Crippen molar-refractivity contribution in [3.05, 3.63) is 28.8 Å². The van der Waals surface area contributed by atoms with Gasteiger partial charge >= 0.3 is 0 Å². The predicted octanol–water partition coefficient (Wildman–Crippen LogP) is 2.77. The van der Waals surface area contributed by atoms with Gasteiger partial charge in [-0.2, -0.15) is 4.31 Å². The van der Waals surface area contributed by atoms with Crippen LogP contribution in [0.3, 0.4) is 0 Å². The maximum Gasteiger partial charge on any atom is 0.244 e. The number of halogens is 1. The van der Waals surface area contributed by atoms with Crippen molar-refractivity contribution in [2.24, 2.45) is 0 Å². The van der Waals surface area contributed by atoms with E-state index < -0.39 is 10.0 Å². The molecule has 0 amide bonds. The van der Waals surface area contributed by atoms with Gasteiger partial charge in [-0.05, 0) is 43.4 Å². The van der Waals surface area contributed by atoms with Gasteiger partial charge < -0.3 is 5.32 Å². The van der Waals surface area contributed by atoms with Crippen LogP contribution in [0.1, 0.15) is 37.7 Å². The zero-order chi connectivity index (χ0) is 14.9. The second kappa shape index (κ2) is 6.24. The number of rotatable bonds is 5. The van der Waals surface area contributed by atoms with Crippen molar-refractivity contribution in [3.63, 3.8) is 0 Å². The first-order valence-corrected chi connectivity index (χ1v) is 9.41. The molecule has 1 N–H and O–H groups in total. The van der Waals surface area contributed by atoms with Crippen molar-refractivity contribution in [2.45, 2.75) is 49.6 Å². The van der Waals surface area contributed by atoms with E-state index in [1.165, 1.54) is 12.8 Å². The first-order valence-electron chi connectivity index (χ1n) is 7.59. The molecule has 0 radical (unpaired) electrons. The van der Waals surface area contributed by atoms with E-state index in [0.29, 0.717) is 30.7 Å². The molecule has 1 heterocycles. The van der Waals surface area contributed by atoms with Crippen LogP contribution in [0, 0.1) is 0 Å². The Morgan fingerprint density at radius 2 is 1.90 bits per heavy atom. The van der Waals surface area contributed by atoms with E-state index in [9.17, 15) is 8.42 Å². The van der Waals surface area contributed by atoms with Crippen LogP contribution in [0.4, 0.5) is 0 Å². The molecule has 6 heteroatoms. The number of piperidine rings is 1. The summed E-state index contributed by atoms with van der Waals surface area (Å²) >= 11 is 6.15. The summed E-state index contributed by atoms with van der Waals surface area (Å²) in [5.41, 5.74) is 0.974. The van der Waals surface area contributed by atoms with E-state index in [2.05, 4.69) is 5.32 Å². The van der Waals surface area contributed by atoms with Gasteiger partial charge in [0, 0.05) is 25.7 Å². The minimum atomic E-state index is -3.46. The summed E-state index contributed by atoms with van der Waals surface area (Å²) < 4.78 is 27.0. The van der Waals surface area contributed by atoms with E-state index in [4.69, 9.17) is 11.6 Å². The molecule has 3 rings (SSSR count). The Bertz CT molecular complexity index is 608. The molecule has 1 saturated heterocycles. The zero-order valence-electron chi connectivity index (χ0n) is 12.0. The van der Waals surface area contributed by atoms with Crippen molar-refractivity contribution >= 4 is 21.6 Å². The second-order valence-corrected chi connectivity index (χ2v) is 8.20. The molecule has 1 aliphatic carbocycles. The largest absolute Gasteiger partial charge is 0.310 e. The molecule has 2 fully saturated rings. The van der Waals surface area contributed by atoms with Crippen LogP contribution >= 0.6 is 11.6 Å². The summed E-state index contributed by atoms with van der Waals surface area (Å²) in [6.07, 6.45) is 5.39. The molecule has 1 aromatic rings. The highest BCUT2D eigenvalue weighted by molar-refractivity contribution is 7.89. The summed E-state index contributed by atoms with van der Waals surface area (Å²) in [6.45, 7) is 1.90. The number of hydrogen-bond donors (Lipinski definition) is 1. The molecule has 0 bridgehead atoms. The summed E-state index contributed by atoms with van der Waals surface area (Å²) in [5, 5.41) is 3.71. The number of nitrogens with zero attached hydrogens (tertiary/aromatic N) is 1. The summed E-state index contributed by atoms with van der Waals surface area (Å²) in [6, 6.07) is 5.92. The molecule has 4 nitrogen and oxygen atoms in total. The Labute approximate surface area is 131 Å². The highest BCUT2D eigenvalue weighted by Gasteiger charge is 2.28. The van der Waals surface area contributed by atoms with Crippen molar-refractivity contribution in [3.8, 4) is 0 Å². The van der Waals surface area contributed by atoms with Crippen molar-refractivity contribution in [1.82, 2.24) is 9.62 Å². The monoisotopic (exact) mass is 328 g/mol. The predicted molar refractivity (Wildman–Crippen MR) is 83.9 cm³/mol. The minimum Gasteiger partial charge on any atom is -0.310 e. The molecular weight excluding hydrogens is 308 g/mol. The van der Waals surface area contributed by atoms with E-state index in [0.717, 1.165) is 24.8 Å². The normalized spacial score (nSPS) is 20.6. The average molecular weight is 329 g/mol. The average Bonchev–Trinajstić information content (AvgIpc) is 3.31. The molecule has 1 saturated carbocycles. The molecule has 21 heavy (non-hydrogen) atoms. The van der Waals surface area contributed by atoms with Gasteiger partial charge in [-0.3, -0.25) is 0 Å². The fraction of sp³-hybridized carbons (Fsp3) is 0.600. The van der Waals surface area contributed by atoms with Gasteiger partial charge in [-0.15, -0.1) is 0 Å². The molecule has 0 aromatic heterocycles. The lowest BCUT2D eigenvalue weighted by atomic mass is 10.2. The van der Waals surface area contributed by atoms with Gasteiger partial charge in [0.25, 0.3) is 0 Å². The van der Waals surface area contributed by atoms with Crippen molar-refractivity contribution in [2.75, 3.05) is 13.1 Å². The maximum absolute atomic E-state index is 12.7. The van der Waals surface area contributed by atoms with Crippen LogP contribution in [0.2, 0.25) is 5.02 Å². The van der Waals surface area contributed by atoms with Crippen molar-refractivity contribution in [1.29, 1.82) is 0 Å². The lowest BCUT2D eigenvalue weighted by Gasteiger charge is -2.26. The number of hydrogen-bond acceptors (Lipinski definition) is 3.